The molecule has 1 aliphatic rings. The molecule has 0 spiro atoms. The van der Waals surface area contributed by atoms with Crippen molar-refractivity contribution in [1.29, 1.82) is 0 Å². The molecule has 0 bridgehead atoms. The maximum Gasteiger partial charge on any atom is 0.383 e. The highest BCUT2D eigenvalue weighted by Gasteiger charge is 2.20. The van der Waals surface area contributed by atoms with Crippen LogP contribution in [0.1, 0.15) is 25.7 Å². The Kier molecular flexibility index (Phi) is 9.96. The number of ether oxygens (including phenoxy) is 2. The molecule has 2 heterocycles. The Labute approximate surface area is 236 Å². The van der Waals surface area contributed by atoms with Crippen LogP contribution in [-0.4, -0.2) is 52.0 Å². The van der Waals surface area contributed by atoms with Crippen molar-refractivity contribution in [2.24, 2.45) is 5.92 Å². The van der Waals surface area contributed by atoms with Crippen LogP contribution in [0.2, 0.25) is 15.3 Å². The van der Waals surface area contributed by atoms with Crippen LogP contribution in [-0.2, 0) is 6.54 Å². The second kappa shape index (κ2) is 13.4. The summed E-state index contributed by atoms with van der Waals surface area (Å²) in [6, 6.07) is 13.2. The lowest BCUT2D eigenvalue weighted by molar-refractivity contribution is -0.389. The maximum absolute atomic E-state index is 10.8. The van der Waals surface area contributed by atoms with Crippen LogP contribution in [0, 0.1) is 16.0 Å². The minimum absolute atomic E-state index is 0.0149. The largest absolute Gasteiger partial charge is 0.494 e. The summed E-state index contributed by atoms with van der Waals surface area (Å²) < 4.78 is 13.0. The number of nitro groups is 1. The number of imidazole rings is 1. The minimum atomic E-state index is -0.758. The first-order chi connectivity index (χ1) is 18.3. The molecule has 38 heavy (non-hydrogen) atoms. The topological polar surface area (TPSA) is 103 Å². The summed E-state index contributed by atoms with van der Waals surface area (Å²) in [6.07, 6.45) is 4.00. The van der Waals surface area contributed by atoms with E-state index < -0.39 is 11.0 Å². The number of aromatic nitrogens is 2. The van der Waals surface area contributed by atoms with Crippen LogP contribution in [0.4, 0.5) is 11.5 Å². The standard InChI is InChI=1S/C26H29Cl3N4O5/c27-23-6-5-22(15-24(23)28)37-14-10-18-7-11-31(12-8-18)19-1-3-21(4-2-19)38-17-20(34)9-13-32-16-25(33(35)36)30-26(32)29/h1-6,15-16,18,20,34H,7-14,17H2. The molecule has 0 radical (unpaired) electrons. The van der Waals surface area contributed by atoms with Crippen molar-refractivity contribution < 1.29 is 19.5 Å². The summed E-state index contributed by atoms with van der Waals surface area (Å²) in [5.74, 6) is 1.69. The lowest BCUT2D eigenvalue weighted by atomic mass is 9.93. The fourth-order valence-corrected chi connectivity index (χ4v) is 4.84. The molecule has 0 aliphatic carbocycles. The van der Waals surface area contributed by atoms with Crippen LogP contribution < -0.4 is 14.4 Å². The molecule has 1 atom stereocenters. The number of aliphatic hydroxyl groups is 1. The summed E-state index contributed by atoms with van der Waals surface area (Å²) in [6.45, 7) is 3.00. The van der Waals surface area contributed by atoms with E-state index in [2.05, 4.69) is 9.88 Å². The summed E-state index contributed by atoms with van der Waals surface area (Å²) >= 11 is 17.9. The SMILES string of the molecule is O=[N+]([O-])c1cn(CCC(O)COc2ccc(N3CCC(CCOc4ccc(Cl)c(Cl)c4)CC3)cc2)c(Cl)n1. The predicted octanol–water partition coefficient (Wildman–Crippen LogP) is 6.27. The van der Waals surface area contributed by atoms with Crippen LogP contribution in [0.15, 0.2) is 48.7 Å². The van der Waals surface area contributed by atoms with Crippen molar-refractivity contribution in [3.8, 4) is 11.5 Å². The molecule has 1 aliphatic heterocycles. The lowest BCUT2D eigenvalue weighted by Gasteiger charge is -2.33. The Hall–Kier alpha value is -2.72. The number of hydrogen-bond acceptors (Lipinski definition) is 7. The third-order valence-electron chi connectivity index (χ3n) is 6.55. The Bertz CT molecular complexity index is 1220. The van der Waals surface area contributed by atoms with Gasteiger partial charge in [-0.2, -0.15) is 0 Å². The summed E-state index contributed by atoms with van der Waals surface area (Å²) in [5.41, 5.74) is 1.14. The third kappa shape index (κ3) is 7.89. The van der Waals surface area contributed by atoms with E-state index in [0.717, 1.165) is 43.8 Å². The molecule has 3 aromatic rings. The highest BCUT2D eigenvalue weighted by atomic mass is 35.5. The zero-order valence-electron chi connectivity index (χ0n) is 20.6. The number of halogens is 3. The fourth-order valence-electron chi connectivity index (χ4n) is 4.33. The van der Waals surface area contributed by atoms with Gasteiger partial charge in [-0.25, -0.2) is 0 Å². The number of nitrogens with zero attached hydrogens (tertiary/aromatic N) is 4. The quantitative estimate of drug-likeness (QED) is 0.198. The number of benzene rings is 2. The second-order valence-corrected chi connectivity index (χ2v) is 10.4. The van der Waals surface area contributed by atoms with Crippen molar-refractivity contribution >= 4 is 46.3 Å². The Balaban J connectivity index is 1.14. The van der Waals surface area contributed by atoms with Gasteiger partial charge in [-0.15, -0.1) is 0 Å². The second-order valence-electron chi connectivity index (χ2n) is 9.21. The Morgan fingerprint density at radius 2 is 1.76 bits per heavy atom. The van der Waals surface area contributed by atoms with E-state index in [1.807, 2.05) is 30.3 Å². The van der Waals surface area contributed by atoms with Crippen LogP contribution in [0.25, 0.3) is 0 Å². The van der Waals surface area contributed by atoms with Crippen LogP contribution in [0.3, 0.4) is 0 Å². The number of piperidine rings is 1. The van der Waals surface area contributed by atoms with E-state index in [9.17, 15) is 15.2 Å². The normalized spacial score (nSPS) is 14.9. The molecule has 2 aromatic carbocycles. The first kappa shape index (κ1) is 28.3. The van der Waals surface area contributed by atoms with E-state index in [1.54, 1.807) is 12.1 Å². The Morgan fingerprint density at radius 1 is 1.05 bits per heavy atom. The predicted molar refractivity (Wildman–Crippen MR) is 148 cm³/mol. The van der Waals surface area contributed by atoms with Gasteiger partial charge in [0, 0.05) is 31.4 Å². The third-order valence-corrected chi connectivity index (χ3v) is 7.59. The van der Waals surface area contributed by atoms with Crippen LogP contribution >= 0.6 is 34.8 Å². The smallest absolute Gasteiger partial charge is 0.383 e. The summed E-state index contributed by atoms with van der Waals surface area (Å²) in [5, 5.41) is 22.1. The highest BCUT2D eigenvalue weighted by molar-refractivity contribution is 6.42. The van der Waals surface area contributed by atoms with Crippen molar-refractivity contribution in [2.75, 3.05) is 31.2 Å². The lowest BCUT2D eigenvalue weighted by Crippen LogP contribution is -2.34. The molecule has 1 saturated heterocycles. The molecule has 1 fully saturated rings. The molecule has 9 nitrogen and oxygen atoms in total. The zero-order valence-corrected chi connectivity index (χ0v) is 22.9. The molecule has 0 saturated carbocycles. The van der Waals surface area contributed by atoms with Crippen molar-refractivity contribution in [3.63, 3.8) is 0 Å². The van der Waals surface area contributed by atoms with Gasteiger partial charge < -0.3 is 29.6 Å². The van der Waals surface area contributed by atoms with Crippen molar-refractivity contribution in [1.82, 2.24) is 9.55 Å². The van der Waals surface area contributed by atoms with Gasteiger partial charge in [-0.1, -0.05) is 23.2 Å². The molecule has 12 heteroatoms. The number of rotatable bonds is 12. The average molecular weight is 584 g/mol. The van der Waals surface area contributed by atoms with Gasteiger partial charge in [0.25, 0.3) is 0 Å². The fraction of sp³-hybridized carbons (Fsp3) is 0.423. The monoisotopic (exact) mass is 582 g/mol. The van der Waals surface area contributed by atoms with E-state index in [1.165, 1.54) is 10.8 Å². The van der Waals surface area contributed by atoms with Crippen molar-refractivity contribution in [3.05, 3.63) is 74.1 Å². The van der Waals surface area contributed by atoms with E-state index in [0.29, 0.717) is 41.3 Å². The van der Waals surface area contributed by atoms with Gasteiger partial charge in [0.2, 0.25) is 0 Å². The molecule has 1 aromatic heterocycles. The van der Waals surface area contributed by atoms with E-state index in [-0.39, 0.29) is 17.7 Å². The zero-order chi connectivity index (χ0) is 27.1. The van der Waals surface area contributed by atoms with E-state index >= 15 is 0 Å². The molecule has 0 amide bonds. The van der Waals surface area contributed by atoms with Crippen molar-refractivity contribution in [2.45, 2.75) is 38.3 Å². The molecule has 4 rings (SSSR count). The van der Waals surface area contributed by atoms with Gasteiger partial charge in [0.15, 0.2) is 0 Å². The molecule has 204 valence electrons. The molecule has 1 unspecified atom stereocenters. The van der Waals surface area contributed by atoms with Gasteiger partial charge in [-0.3, -0.25) is 4.57 Å². The first-order valence-corrected chi connectivity index (χ1v) is 13.5. The molecular formula is C26H29Cl3N4O5. The summed E-state index contributed by atoms with van der Waals surface area (Å²) in [7, 11) is 0. The number of hydrogen-bond donors (Lipinski definition) is 1. The summed E-state index contributed by atoms with van der Waals surface area (Å²) in [4.78, 5) is 16.2. The number of anilines is 1. The van der Waals surface area contributed by atoms with E-state index in [4.69, 9.17) is 44.3 Å². The molecular weight excluding hydrogens is 555 g/mol. The van der Waals surface area contributed by atoms with Gasteiger partial charge in [-0.05, 0) is 89.5 Å². The van der Waals surface area contributed by atoms with Gasteiger partial charge in [0.05, 0.1) is 22.8 Å². The molecule has 1 N–H and O–H groups in total. The number of aliphatic hydroxyl groups excluding tert-OH is 1. The maximum atomic E-state index is 10.8. The first-order valence-electron chi connectivity index (χ1n) is 12.4. The highest BCUT2D eigenvalue weighted by Crippen LogP contribution is 2.29. The van der Waals surface area contributed by atoms with Crippen LogP contribution in [0.5, 0.6) is 11.5 Å². The van der Waals surface area contributed by atoms with Gasteiger partial charge in [0.1, 0.15) is 24.3 Å². The number of aryl methyl sites for hydroxylation is 1. The average Bonchev–Trinajstić information content (AvgIpc) is 3.30. The van der Waals surface area contributed by atoms with Gasteiger partial charge >= 0.3 is 11.1 Å². The Morgan fingerprint density at radius 3 is 2.42 bits per heavy atom. The minimum Gasteiger partial charge on any atom is -0.494 e.